The number of hydrogen-bond donors (Lipinski definition) is 2. The van der Waals surface area contributed by atoms with Crippen molar-refractivity contribution in [1.82, 2.24) is 5.32 Å². The maximum atomic E-state index is 13.4. The van der Waals surface area contributed by atoms with Gasteiger partial charge in [-0.25, -0.2) is 9.18 Å². The largest absolute Gasteiger partial charge is 0.464 e. The first-order valence-corrected chi connectivity index (χ1v) is 7.51. The van der Waals surface area contributed by atoms with Crippen molar-refractivity contribution in [3.05, 3.63) is 64.8 Å². The van der Waals surface area contributed by atoms with Gasteiger partial charge in [-0.2, -0.15) is 0 Å². The minimum absolute atomic E-state index is 0.155. The highest BCUT2D eigenvalue weighted by molar-refractivity contribution is 7.10. The van der Waals surface area contributed by atoms with Gasteiger partial charge in [0.2, 0.25) is 0 Å². The Hall–Kier alpha value is -2.60. The predicted molar refractivity (Wildman–Crippen MR) is 84.3 cm³/mol. The van der Waals surface area contributed by atoms with Crippen LogP contribution in [0.2, 0.25) is 0 Å². The van der Waals surface area contributed by atoms with E-state index in [1.165, 1.54) is 23.5 Å². The average Bonchev–Trinajstić information content (AvgIpc) is 3.18. The lowest BCUT2D eigenvalue weighted by molar-refractivity contribution is 0.251. The van der Waals surface area contributed by atoms with Crippen LogP contribution in [0, 0.1) is 5.82 Å². The van der Waals surface area contributed by atoms with E-state index in [4.69, 9.17) is 4.42 Å². The van der Waals surface area contributed by atoms with Crippen LogP contribution in [0.25, 0.3) is 11.3 Å². The molecule has 22 heavy (non-hydrogen) atoms. The SMILES string of the molecule is O=C(NCc1cc(-c2ccco2)cs1)Nc1ccccc1F. The Bertz CT molecular complexity index is 768. The fourth-order valence-electron chi connectivity index (χ4n) is 1.94. The number of nitrogens with one attached hydrogen (secondary N) is 2. The third kappa shape index (κ3) is 3.35. The van der Waals surface area contributed by atoms with Crippen LogP contribution in [0.4, 0.5) is 14.9 Å². The number of thiophene rings is 1. The minimum Gasteiger partial charge on any atom is -0.464 e. The molecule has 3 rings (SSSR count). The van der Waals surface area contributed by atoms with Crippen molar-refractivity contribution in [3.8, 4) is 11.3 Å². The van der Waals surface area contributed by atoms with Crippen LogP contribution >= 0.6 is 11.3 Å². The maximum Gasteiger partial charge on any atom is 0.319 e. The number of rotatable bonds is 4. The van der Waals surface area contributed by atoms with E-state index in [1.807, 2.05) is 23.6 Å². The standard InChI is InChI=1S/C16H13FN2O2S/c17-13-4-1-2-5-14(13)19-16(20)18-9-12-8-11(10-22-12)15-6-3-7-21-15/h1-8,10H,9H2,(H2,18,19,20). The van der Waals surface area contributed by atoms with Crippen LogP contribution in [0.5, 0.6) is 0 Å². The van der Waals surface area contributed by atoms with Crippen LogP contribution < -0.4 is 10.6 Å². The minimum atomic E-state index is -0.464. The van der Waals surface area contributed by atoms with Crippen LogP contribution in [-0.2, 0) is 6.54 Å². The molecule has 0 saturated carbocycles. The molecule has 0 saturated heterocycles. The summed E-state index contributed by atoms with van der Waals surface area (Å²) in [4.78, 5) is 12.8. The Morgan fingerprint density at radius 1 is 1.23 bits per heavy atom. The van der Waals surface area contributed by atoms with E-state index in [2.05, 4.69) is 10.6 Å². The zero-order chi connectivity index (χ0) is 15.4. The van der Waals surface area contributed by atoms with E-state index in [0.717, 1.165) is 16.2 Å². The molecule has 6 heteroatoms. The molecule has 2 N–H and O–H groups in total. The van der Waals surface area contributed by atoms with Gasteiger partial charge in [0.15, 0.2) is 0 Å². The quantitative estimate of drug-likeness (QED) is 0.746. The first kappa shape index (κ1) is 14.3. The molecule has 0 aliphatic carbocycles. The van der Waals surface area contributed by atoms with Crippen LogP contribution in [0.3, 0.4) is 0 Å². The fraction of sp³-hybridized carbons (Fsp3) is 0.0625. The summed E-state index contributed by atoms with van der Waals surface area (Å²) in [7, 11) is 0. The first-order valence-electron chi connectivity index (χ1n) is 6.63. The van der Waals surface area contributed by atoms with Crippen molar-refractivity contribution in [2.45, 2.75) is 6.54 Å². The van der Waals surface area contributed by atoms with Crippen molar-refractivity contribution in [2.24, 2.45) is 0 Å². The monoisotopic (exact) mass is 316 g/mol. The van der Waals surface area contributed by atoms with E-state index >= 15 is 0 Å². The predicted octanol–water partition coefficient (Wildman–Crippen LogP) is 4.47. The van der Waals surface area contributed by atoms with Gasteiger partial charge in [-0.05, 0) is 30.3 Å². The Morgan fingerprint density at radius 3 is 2.86 bits per heavy atom. The molecule has 0 fully saturated rings. The van der Waals surface area contributed by atoms with Crippen LogP contribution in [0.1, 0.15) is 4.88 Å². The smallest absolute Gasteiger partial charge is 0.319 e. The molecule has 1 aromatic carbocycles. The third-order valence-electron chi connectivity index (χ3n) is 3.00. The molecule has 0 unspecified atom stereocenters. The molecular formula is C16H13FN2O2S. The Labute approximate surface area is 130 Å². The van der Waals surface area contributed by atoms with E-state index in [0.29, 0.717) is 6.54 Å². The summed E-state index contributed by atoms with van der Waals surface area (Å²) >= 11 is 1.52. The van der Waals surface area contributed by atoms with Gasteiger partial charge in [0.25, 0.3) is 0 Å². The number of carbonyl (C=O) groups is 1. The number of furan rings is 1. The normalized spacial score (nSPS) is 10.4. The number of halogens is 1. The molecule has 0 bridgehead atoms. The van der Waals surface area contributed by atoms with Gasteiger partial charge in [-0.1, -0.05) is 12.1 Å². The van der Waals surface area contributed by atoms with E-state index in [9.17, 15) is 9.18 Å². The highest BCUT2D eigenvalue weighted by atomic mass is 32.1. The second kappa shape index (κ2) is 6.44. The Balaban J connectivity index is 1.56. The Morgan fingerprint density at radius 2 is 2.09 bits per heavy atom. The number of urea groups is 1. The van der Waals surface area contributed by atoms with Gasteiger partial charge in [0.05, 0.1) is 18.5 Å². The van der Waals surface area contributed by atoms with Gasteiger partial charge >= 0.3 is 6.03 Å². The van der Waals surface area contributed by atoms with Crippen molar-refractivity contribution in [3.63, 3.8) is 0 Å². The number of para-hydroxylation sites is 1. The summed E-state index contributed by atoms with van der Waals surface area (Å²) in [6.07, 6.45) is 1.62. The molecule has 0 atom stereocenters. The average molecular weight is 316 g/mol. The molecule has 0 aliphatic heterocycles. The van der Waals surface area contributed by atoms with Crippen molar-refractivity contribution < 1.29 is 13.6 Å². The zero-order valence-electron chi connectivity index (χ0n) is 11.5. The summed E-state index contributed by atoms with van der Waals surface area (Å²) in [5.74, 6) is 0.326. The van der Waals surface area contributed by atoms with Gasteiger partial charge in [0.1, 0.15) is 11.6 Å². The number of benzene rings is 1. The van der Waals surface area contributed by atoms with Gasteiger partial charge in [-0.3, -0.25) is 0 Å². The first-order chi connectivity index (χ1) is 10.7. The highest BCUT2D eigenvalue weighted by Crippen LogP contribution is 2.25. The van der Waals surface area contributed by atoms with Crippen LogP contribution in [0.15, 0.2) is 58.5 Å². The van der Waals surface area contributed by atoms with E-state index in [-0.39, 0.29) is 5.69 Å². The lowest BCUT2D eigenvalue weighted by atomic mass is 10.2. The lowest BCUT2D eigenvalue weighted by Crippen LogP contribution is -2.28. The van der Waals surface area contributed by atoms with Gasteiger partial charge < -0.3 is 15.1 Å². The number of carbonyl (C=O) groups excluding carboxylic acids is 1. The molecular weight excluding hydrogens is 303 g/mol. The van der Waals surface area contributed by atoms with Gasteiger partial charge in [0, 0.05) is 15.8 Å². The summed E-state index contributed by atoms with van der Waals surface area (Å²) in [5.41, 5.74) is 1.13. The maximum absolute atomic E-state index is 13.4. The molecule has 112 valence electrons. The van der Waals surface area contributed by atoms with E-state index in [1.54, 1.807) is 18.4 Å². The topological polar surface area (TPSA) is 54.3 Å². The number of anilines is 1. The fourth-order valence-corrected chi connectivity index (χ4v) is 2.75. The molecule has 0 spiro atoms. The molecule has 2 heterocycles. The van der Waals surface area contributed by atoms with Gasteiger partial charge in [-0.15, -0.1) is 11.3 Å². The number of hydrogen-bond acceptors (Lipinski definition) is 3. The van der Waals surface area contributed by atoms with Crippen molar-refractivity contribution >= 4 is 23.1 Å². The molecule has 3 aromatic rings. The summed E-state index contributed by atoms with van der Waals surface area (Å²) < 4.78 is 18.7. The van der Waals surface area contributed by atoms with Crippen molar-refractivity contribution in [2.75, 3.05) is 5.32 Å². The van der Waals surface area contributed by atoms with E-state index < -0.39 is 11.8 Å². The second-order valence-corrected chi connectivity index (χ2v) is 5.56. The summed E-state index contributed by atoms with van der Waals surface area (Å²) in [6, 6.07) is 11.2. The number of amides is 2. The summed E-state index contributed by atoms with van der Waals surface area (Å²) in [5, 5.41) is 7.14. The highest BCUT2D eigenvalue weighted by Gasteiger charge is 2.08. The van der Waals surface area contributed by atoms with Crippen LogP contribution in [-0.4, -0.2) is 6.03 Å². The second-order valence-electron chi connectivity index (χ2n) is 4.57. The lowest BCUT2D eigenvalue weighted by Gasteiger charge is -2.07. The molecule has 0 aliphatic rings. The molecule has 0 radical (unpaired) electrons. The Kier molecular flexibility index (Phi) is 4.20. The molecule has 2 amide bonds. The third-order valence-corrected chi connectivity index (χ3v) is 3.94. The zero-order valence-corrected chi connectivity index (χ0v) is 12.3. The molecule has 4 nitrogen and oxygen atoms in total. The molecule has 2 aromatic heterocycles. The summed E-state index contributed by atoms with van der Waals surface area (Å²) in [6.45, 7) is 0.367. The van der Waals surface area contributed by atoms with Crippen molar-refractivity contribution in [1.29, 1.82) is 0 Å².